The summed E-state index contributed by atoms with van der Waals surface area (Å²) in [6.45, 7) is 5.35. The van der Waals surface area contributed by atoms with Gasteiger partial charge < -0.3 is 4.74 Å². The second-order valence-corrected chi connectivity index (χ2v) is 7.24. The first-order valence-corrected chi connectivity index (χ1v) is 8.88. The first-order chi connectivity index (χ1) is 12.0. The van der Waals surface area contributed by atoms with Crippen LogP contribution in [0.1, 0.15) is 49.5 Å². The van der Waals surface area contributed by atoms with Gasteiger partial charge in [-0.05, 0) is 72.8 Å². The molecule has 1 aromatic rings. The van der Waals surface area contributed by atoms with E-state index in [-0.39, 0.29) is 30.6 Å². The van der Waals surface area contributed by atoms with Crippen molar-refractivity contribution in [3.8, 4) is 0 Å². The molecule has 0 aliphatic heterocycles. The molecule has 7 heteroatoms. The number of hydrogen-bond donors (Lipinski definition) is 0. The van der Waals surface area contributed by atoms with E-state index in [1.807, 2.05) is 15.9 Å². The standard InChI is InChI=1S/C19H19BrF4O2/c1-4-26-17(25)14-7-5-13(6-8-14)15-9-11(2)12(3)10-16(15)18(21,22)19(20,23)24/h5-8H,4,9-10H2,1-3H3. The molecule has 0 unspecified atom stereocenters. The Labute approximate surface area is 158 Å². The molecule has 0 saturated heterocycles. The molecule has 0 aromatic heterocycles. The topological polar surface area (TPSA) is 26.3 Å². The minimum absolute atomic E-state index is 0.151. The lowest BCUT2D eigenvalue weighted by molar-refractivity contribution is -0.120. The van der Waals surface area contributed by atoms with Crippen molar-refractivity contribution < 1.29 is 27.1 Å². The molecule has 1 aliphatic carbocycles. The molecule has 2 nitrogen and oxygen atoms in total. The molecule has 0 heterocycles. The molecular formula is C19H19BrF4O2. The third-order valence-electron chi connectivity index (χ3n) is 4.46. The molecule has 1 aliphatic rings. The molecule has 0 fully saturated rings. The Bertz CT molecular complexity index is 759. The van der Waals surface area contributed by atoms with E-state index < -0.39 is 22.3 Å². The number of carbonyl (C=O) groups is 1. The third-order valence-corrected chi connectivity index (χ3v) is 4.95. The summed E-state index contributed by atoms with van der Waals surface area (Å²) < 4.78 is 60.7. The second-order valence-electron chi connectivity index (χ2n) is 6.24. The number of alkyl halides is 5. The zero-order chi connectivity index (χ0) is 19.7. The van der Waals surface area contributed by atoms with E-state index in [0.717, 1.165) is 5.57 Å². The van der Waals surface area contributed by atoms with Crippen molar-refractivity contribution >= 4 is 27.5 Å². The molecule has 0 spiro atoms. The zero-order valence-electron chi connectivity index (χ0n) is 14.6. The van der Waals surface area contributed by atoms with Crippen molar-refractivity contribution in [2.45, 2.75) is 44.4 Å². The van der Waals surface area contributed by atoms with E-state index in [0.29, 0.717) is 11.1 Å². The van der Waals surface area contributed by atoms with Crippen LogP contribution in [0.25, 0.3) is 5.57 Å². The summed E-state index contributed by atoms with van der Waals surface area (Å²) in [5.74, 6) is -4.86. The predicted molar refractivity (Wildman–Crippen MR) is 95.7 cm³/mol. The Morgan fingerprint density at radius 1 is 1.08 bits per heavy atom. The number of carbonyl (C=O) groups excluding carboxylic acids is 1. The van der Waals surface area contributed by atoms with Gasteiger partial charge in [-0.15, -0.1) is 0 Å². The van der Waals surface area contributed by atoms with Crippen molar-refractivity contribution in [3.63, 3.8) is 0 Å². The molecule has 0 radical (unpaired) electrons. The van der Waals surface area contributed by atoms with E-state index >= 15 is 0 Å². The van der Waals surface area contributed by atoms with Crippen LogP contribution in [-0.4, -0.2) is 23.3 Å². The first kappa shape index (κ1) is 20.7. The summed E-state index contributed by atoms with van der Waals surface area (Å²) >= 11 is 1.82. The highest BCUT2D eigenvalue weighted by Crippen LogP contribution is 2.51. The van der Waals surface area contributed by atoms with Gasteiger partial charge >= 0.3 is 16.7 Å². The van der Waals surface area contributed by atoms with Crippen LogP contribution in [0, 0.1) is 0 Å². The highest BCUT2D eigenvalue weighted by molar-refractivity contribution is 9.10. The normalized spacial score (nSPS) is 16.2. The summed E-state index contributed by atoms with van der Waals surface area (Å²) in [6, 6.07) is 5.86. The van der Waals surface area contributed by atoms with Crippen molar-refractivity contribution in [1.82, 2.24) is 0 Å². The van der Waals surface area contributed by atoms with Gasteiger partial charge in [-0.1, -0.05) is 23.3 Å². The van der Waals surface area contributed by atoms with Gasteiger partial charge in [0.1, 0.15) is 0 Å². The van der Waals surface area contributed by atoms with Crippen LogP contribution in [-0.2, 0) is 4.74 Å². The maximum absolute atomic E-state index is 14.4. The van der Waals surface area contributed by atoms with Crippen molar-refractivity contribution in [2.75, 3.05) is 6.61 Å². The number of hydrogen-bond acceptors (Lipinski definition) is 2. The van der Waals surface area contributed by atoms with Gasteiger partial charge in [-0.3, -0.25) is 0 Å². The smallest absolute Gasteiger partial charge is 0.367 e. The monoisotopic (exact) mass is 434 g/mol. The summed E-state index contributed by atoms with van der Waals surface area (Å²) in [4.78, 5) is 7.37. The quantitative estimate of drug-likeness (QED) is 0.233. The Morgan fingerprint density at radius 2 is 1.62 bits per heavy atom. The van der Waals surface area contributed by atoms with Gasteiger partial charge in [-0.25, -0.2) is 4.79 Å². The van der Waals surface area contributed by atoms with Crippen LogP contribution in [0.15, 0.2) is 41.0 Å². The lowest BCUT2D eigenvalue weighted by Gasteiger charge is -2.31. The minimum Gasteiger partial charge on any atom is -0.462 e. The highest BCUT2D eigenvalue weighted by Gasteiger charge is 2.57. The molecule has 0 bridgehead atoms. The number of ether oxygens (including phenoxy) is 1. The fraction of sp³-hybridized carbons (Fsp3) is 0.421. The molecular weight excluding hydrogens is 416 g/mol. The Morgan fingerprint density at radius 3 is 2.12 bits per heavy atom. The molecule has 2 rings (SSSR count). The van der Waals surface area contributed by atoms with E-state index in [2.05, 4.69) is 0 Å². The molecule has 26 heavy (non-hydrogen) atoms. The first-order valence-electron chi connectivity index (χ1n) is 8.08. The van der Waals surface area contributed by atoms with Crippen LogP contribution >= 0.6 is 15.9 Å². The summed E-state index contributed by atoms with van der Waals surface area (Å²) in [7, 11) is 0. The number of halogens is 5. The number of rotatable bonds is 5. The van der Waals surface area contributed by atoms with Crippen LogP contribution in [0.4, 0.5) is 17.6 Å². The van der Waals surface area contributed by atoms with E-state index in [4.69, 9.17) is 4.74 Å². The summed E-state index contributed by atoms with van der Waals surface area (Å²) in [5.41, 5.74) is 1.74. The number of benzene rings is 1. The number of esters is 1. The predicted octanol–water partition coefficient (Wildman–Crippen LogP) is 6.37. The largest absolute Gasteiger partial charge is 0.462 e. The molecule has 0 N–H and O–H groups in total. The Kier molecular flexibility index (Phi) is 6.00. The highest BCUT2D eigenvalue weighted by atomic mass is 79.9. The van der Waals surface area contributed by atoms with Gasteiger partial charge in [0, 0.05) is 5.57 Å². The molecule has 142 valence electrons. The van der Waals surface area contributed by atoms with E-state index in [9.17, 15) is 22.4 Å². The SMILES string of the molecule is CCOC(=O)c1ccc(C2=C(C(F)(F)C(F)(F)Br)CC(C)=C(C)C2)cc1. The average molecular weight is 435 g/mol. The minimum atomic E-state index is -4.35. The zero-order valence-corrected chi connectivity index (χ0v) is 16.2. The lowest BCUT2D eigenvalue weighted by Crippen LogP contribution is -2.38. The van der Waals surface area contributed by atoms with Crippen molar-refractivity contribution in [2.24, 2.45) is 0 Å². The van der Waals surface area contributed by atoms with Gasteiger partial charge in [0.25, 0.3) is 0 Å². The molecule has 0 amide bonds. The molecule has 0 saturated carbocycles. The maximum Gasteiger partial charge on any atom is 0.367 e. The van der Waals surface area contributed by atoms with Crippen molar-refractivity contribution in [3.05, 3.63) is 52.1 Å². The third kappa shape index (κ3) is 4.03. The van der Waals surface area contributed by atoms with Gasteiger partial charge in [0.2, 0.25) is 0 Å². The van der Waals surface area contributed by atoms with E-state index in [1.54, 1.807) is 20.8 Å². The summed E-state index contributed by atoms with van der Waals surface area (Å²) in [6.07, 6.45) is -0.0758. The maximum atomic E-state index is 14.4. The average Bonchev–Trinajstić information content (AvgIpc) is 2.56. The van der Waals surface area contributed by atoms with Crippen molar-refractivity contribution in [1.29, 1.82) is 0 Å². The number of allylic oxidation sites excluding steroid dienone is 4. The lowest BCUT2D eigenvalue weighted by atomic mass is 9.81. The van der Waals surface area contributed by atoms with Crippen LogP contribution in [0.2, 0.25) is 0 Å². The fourth-order valence-corrected chi connectivity index (χ4v) is 3.05. The van der Waals surface area contributed by atoms with Crippen LogP contribution in [0.5, 0.6) is 0 Å². The Balaban J connectivity index is 2.51. The van der Waals surface area contributed by atoms with Gasteiger partial charge in [0.15, 0.2) is 0 Å². The van der Waals surface area contributed by atoms with Gasteiger partial charge in [0.05, 0.1) is 12.2 Å². The molecule has 0 atom stereocenters. The molecule has 1 aromatic carbocycles. The van der Waals surface area contributed by atoms with E-state index in [1.165, 1.54) is 24.3 Å². The second kappa shape index (κ2) is 7.55. The Hall–Kier alpha value is -1.63. The van der Waals surface area contributed by atoms with Gasteiger partial charge in [-0.2, -0.15) is 17.6 Å². The van der Waals surface area contributed by atoms with Crippen LogP contribution in [0.3, 0.4) is 0 Å². The fourth-order valence-electron chi connectivity index (χ4n) is 2.82. The van der Waals surface area contributed by atoms with Crippen LogP contribution < -0.4 is 0 Å². The summed E-state index contributed by atoms with van der Waals surface area (Å²) in [5, 5.41) is 0.